The lowest BCUT2D eigenvalue weighted by molar-refractivity contribution is 0.0737. The fraction of sp³-hybridized carbons (Fsp3) is 0.300. The number of likely N-dealkylation sites (tertiary alicyclic amines) is 1. The topological polar surface area (TPSA) is 75.9 Å². The lowest BCUT2D eigenvalue weighted by Gasteiger charge is -2.24. The van der Waals surface area contributed by atoms with E-state index in [9.17, 15) is 4.79 Å². The van der Waals surface area contributed by atoms with Gasteiger partial charge in [0.1, 0.15) is 5.82 Å². The Labute approximate surface area is 168 Å². The average Bonchev–Trinajstić information content (AvgIpc) is 3.36. The van der Waals surface area contributed by atoms with Crippen LogP contribution >= 0.6 is 11.6 Å². The van der Waals surface area contributed by atoms with Crippen LogP contribution in [-0.2, 0) is 0 Å². The van der Waals surface area contributed by atoms with E-state index in [1.54, 1.807) is 23.0 Å². The Morgan fingerprint density at radius 2 is 2.07 bits per heavy atom. The minimum atomic E-state index is -0.0956. The van der Waals surface area contributed by atoms with Crippen molar-refractivity contribution in [2.45, 2.75) is 25.8 Å². The van der Waals surface area contributed by atoms with Crippen molar-refractivity contribution in [3.05, 3.63) is 65.1 Å². The van der Waals surface area contributed by atoms with E-state index in [1.807, 2.05) is 42.2 Å². The summed E-state index contributed by atoms with van der Waals surface area (Å²) in [5.74, 6) is 0.731. The number of halogens is 1. The monoisotopic (exact) mass is 396 g/mol. The lowest BCUT2D eigenvalue weighted by Crippen LogP contribution is -2.39. The van der Waals surface area contributed by atoms with Crippen LogP contribution in [0.15, 0.2) is 48.7 Å². The number of nitrogens with one attached hydrogen (secondary N) is 1. The number of hydrogen-bond acceptors (Lipinski definition) is 5. The second-order valence-electron chi connectivity index (χ2n) is 6.86. The second kappa shape index (κ2) is 7.98. The average molecular weight is 397 g/mol. The molecule has 1 amide bonds. The molecule has 7 nitrogen and oxygen atoms in total. The number of nitrogens with zero attached hydrogens (tertiary/aromatic N) is 5. The molecule has 4 rings (SSSR count). The Kier molecular flexibility index (Phi) is 5.25. The number of amides is 1. The fourth-order valence-corrected chi connectivity index (χ4v) is 3.53. The summed E-state index contributed by atoms with van der Waals surface area (Å²) in [5, 5.41) is 12.2. The summed E-state index contributed by atoms with van der Waals surface area (Å²) in [6.45, 7) is 3.34. The lowest BCUT2D eigenvalue weighted by atomic mass is 10.2. The molecule has 1 unspecified atom stereocenters. The normalized spacial score (nSPS) is 16.4. The molecule has 144 valence electrons. The van der Waals surface area contributed by atoms with Crippen molar-refractivity contribution in [1.82, 2.24) is 24.9 Å². The zero-order valence-electron chi connectivity index (χ0n) is 15.5. The Bertz CT molecular complexity index is 971. The molecule has 0 spiro atoms. The number of benzene rings is 1. The van der Waals surface area contributed by atoms with Crippen molar-refractivity contribution in [1.29, 1.82) is 0 Å². The van der Waals surface area contributed by atoms with Gasteiger partial charge >= 0.3 is 0 Å². The van der Waals surface area contributed by atoms with Crippen LogP contribution in [0.1, 0.15) is 29.0 Å². The van der Waals surface area contributed by atoms with Gasteiger partial charge in [-0.25, -0.2) is 9.67 Å². The fourth-order valence-electron chi connectivity index (χ4n) is 3.41. The van der Waals surface area contributed by atoms with Crippen LogP contribution in [0.5, 0.6) is 0 Å². The molecule has 1 aromatic carbocycles. The molecule has 8 heteroatoms. The third-order valence-electron chi connectivity index (χ3n) is 4.85. The molecule has 1 aliphatic rings. The molecule has 1 fully saturated rings. The van der Waals surface area contributed by atoms with Crippen molar-refractivity contribution in [3.8, 4) is 5.69 Å². The Balaban J connectivity index is 1.44. The maximum Gasteiger partial charge on any atom is 0.276 e. The molecule has 1 aliphatic heterocycles. The minimum absolute atomic E-state index is 0.0956. The highest BCUT2D eigenvalue weighted by Gasteiger charge is 2.30. The third kappa shape index (κ3) is 3.99. The molecule has 0 saturated carbocycles. The first kappa shape index (κ1) is 18.4. The molecule has 1 N–H and O–H groups in total. The molecule has 3 aromatic rings. The summed E-state index contributed by atoms with van der Waals surface area (Å²) in [5.41, 5.74) is 2.11. The quantitative estimate of drug-likeness (QED) is 0.715. The minimum Gasteiger partial charge on any atom is -0.368 e. The summed E-state index contributed by atoms with van der Waals surface area (Å²) in [4.78, 5) is 19.3. The second-order valence-corrected chi connectivity index (χ2v) is 7.30. The summed E-state index contributed by atoms with van der Waals surface area (Å²) in [6, 6.07) is 13.2. The van der Waals surface area contributed by atoms with Crippen LogP contribution in [0, 0.1) is 6.92 Å². The number of hydrogen-bond donors (Lipinski definition) is 1. The van der Waals surface area contributed by atoms with Crippen molar-refractivity contribution in [2.24, 2.45) is 0 Å². The van der Waals surface area contributed by atoms with Gasteiger partial charge in [-0.2, -0.15) is 0 Å². The van der Waals surface area contributed by atoms with Crippen LogP contribution < -0.4 is 5.32 Å². The predicted molar refractivity (Wildman–Crippen MR) is 108 cm³/mol. The molecular formula is C20H21ClN6O. The third-order valence-corrected chi connectivity index (χ3v) is 5.10. The van der Waals surface area contributed by atoms with Gasteiger partial charge in [0.15, 0.2) is 5.69 Å². The van der Waals surface area contributed by atoms with Crippen LogP contribution in [0.3, 0.4) is 0 Å². The summed E-state index contributed by atoms with van der Waals surface area (Å²) in [6.07, 6.45) is 3.59. The van der Waals surface area contributed by atoms with Crippen molar-refractivity contribution >= 4 is 23.3 Å². The molecule has 0 radical (unpaired) electrons. The van der Waals surface area contributed by atoms with E-state index >= 15 is 0 Å². The predicted octanol–water partition coefficient (Wildman–Crippen LogP) is 3.34. The Morgan fingerprint density at radius 1 is 1.25 bits per heavy atom. The molecule has 28 heavy (non-hydrogen) atoms. The first-order chi connectivity index (χ1) is 13.6. The molecule has 3 heterocycles. The first-order valence-electron chi connectivity index (χ1n) is 9.27. The summed E-state index contributed by atoms with van der Waals surface area (Å²) < 4.78 is 1.59. The van der Waals surface area contributed by atoms with E-state index in [2.05, 4.69) is 20.6 Å². The Morgan fingerprint density at radius 3 is 2.86 bits per heavy atom. The van der Waals surface area contributed by atoms with Gasteiger partial charge in [0.25, 0.3) is 5.91 Å². The van der Waals surface area contributed by atoms with E-state index in [4.69, 9.17) is 11.6 Å². The van der Waals surface area contributed by atoms with Crippen LogP contribution in [-0.4, -0.2) is 49.9 Å². The Hall–Kier alpha value is -2.93. The SMILES string of the molecule is Cc1cccc(NCC2CCCN2C(=O)c2cn(-c3ccc(Cl)cc3)nn2)n1. The zero-order valence-corrected chi connectivity index (χ0v) is 16.3. The van der Waals surface area contributed by atoms with Gasteiger partial charge in [-0.05, 0) is 56.2 Å². The van der Waals surface area contributed by atoms with E-state index in [0.29, 0.717) is 17.3 Å². The number of anilines is 1. The first-order valence-corrected chi connectivity index (χ1v) is 9.65. The van der Waals surface area contributed by atoms with Crippen LogP contribution in [0.2, 0.25) is 5.02 Å². The highest BCUT2D eigenvalue weighted by atomic mass is 35.5. The highest BCUT2D eigenvalue weighted by molar-refractivity contribution is 6.30. The van der Waals surface area contributed by atoms with Gasteiger partial charge in [0.2, 0.25) is 0 Å². The van der Waals surface area contributed by atoms with Crippen molar-refractivity contribution in [2.75, 3.05) is 18.4 Å². The van der Waals surface area contributed by atoms with Crippen molar-refractivity contribution < 1.29 is 4.79 Å². The van der Waals surface area contributed by atoms with E-state index in [0.717, 1.165) is 36.6 Å². The molecule has 0 bridgehead atoms. The van der Waals surface area contributed by atoms with E-state index in [1.165, 1.54) is 0 Å². The number of carbonyl (C=O) groups is 1. The number of pyridine rings is 1. The molecule has 0 aliphatic carbocycles. The number of rotatable bonds is 5. The van der Waals surface area contributed by atoms with Gasteiger partial charge in [0.05, 0.1) is 11.9 Å². The van der Waals surface area contributed by atoms with Gasteiger partial charge in [-0.3, -0.25) is 4.79 Å². The number of aromatic nitrogens is 4. The van der Waals surface area contributed by atoms with Crippen molar-refractivity contribution in [3.63, 3.8) is 0 Å². The zero-order chi connectivity index (χ0) is 19.5. The largest absolute Gasteiger partial charge is 0.368 e. The van der Waals surface area contributed by atoms with Crippen LogP contribution in [0.25, 0.3) is 5.69 Å². The van der Waals surface area contributed by atoms with Gasteiger partial charge in [-0.15, -0.1) is 5.10 Å². The molecule has 1 atom stereocenters. The maximum absolute atomic E-state index is 13.0. The highest BCUT2D eigenvalue weighted by Crippen LogP contribution is 2.21. The standard InChI is InChI=1S/C20H21ClN6O/c1-14-4-2-6-19(23-14)22-12-17-5-3-11-26(17)20(28)18-13-27(25-24-18)16-9-7-15(21)8-10-16/h2,4,6-10,13,17H,3,5,11-12H2,1H3,(H,22,23). The summed E-state index contributed by atoms with van der Waals surface area (Å²) >= 11 is 5.92. The number of aryl methyl sites for hydroxylation is 1. The summed E-state index contributed by atoms with van der Waals surface area (Å²) in [7, 11) is 0. The van der Waals surface area contributed by atoms with E-state index in [-0.39, 0.29) is 11.9 Å². The van der Waals surface area contributed by atoms with Gasteiger partial charge in [0, 0.05) is 29.8 Å². The van der Waals surface area contributed by atoms with E-state index < -0.39 is 0 Å². The van der Waals surface area contributed by atoms with Gasteiger partial charge in [-0.1, -0.05) is 22.9 Å². The maximum atomic E-state index is 13.0. The van der Waals surface area contributed by atoms with Crippen LogP contribution in [0.4, 0.5) is 5.82 Å². The molecule has 2 aromatic heterocycles. The number of carbonyl (C=O) groups excluding carboxylic acids is 1. The van der Waals surface area contributed by atoms with Gasteiger partial charge < -0.3 is 10.2 Å². The molecule has 1 saturated heterocycles. The smallest absolute Gasteiger partial charge is 0.276 e. The molecular weight excluding hydrogens is 376 g/mol.